The van der Waals surface area contributed by atoms with E-state index in [9.17, 15) is 18.0 Å². The molecule has 26 heavy (non-hydrogen) atoms. The third-order valence-corrected chi connectivity index (χ3v) is 6.63. The molecule has 0 atom stereocenters. The molecule has 2 N–H and O–H groups in total. The predicted molar refractivity (Wildman–Crippen MR) is 93.6 cm³/mol. The van der Waals surface area contributed by atoms with Crippen LogP contribution in [0.25, 0.3) is 0 Å². The van der Waals surface area contributed by atoms with Gasteiger partial charge in [-0.2, -0.15) is 4.31 Å². The fourth-order valence-corrected chi connectivity index (χ4v) is 4.69. The van der Waals surface area contributed by atoms with Gasteiger partial charge < -0.3 is 15.4 Å². The van der Waals surface area contributed by atoms with Gasteiger partial charge in [0.05, 0.1) is 18.1 Å². The zero-order valence-electron chi connectivity index (χ0n) is 14.5. The van der Waals surface area contributed by atoms with Gasteiger partial charge in [0.2, 0.25) is 21.8 Å². The van der Waals surface area contributed by atoms with E-state index in [1.807, 2.05) is 0 Å². The lowest BCUT2D eigenvalue weighted by Gasteiger charge is -2.30. The number of primary amides is 1. The molecular formula is C17H23N3O5S. The summed E-state index contributed by atoms with van der Waals surface area (Å²) < 4.78 is 32.2. The molecule has 1 saturated heterocycles. The average Bonchev–Trinajstić information content (AvgIpc) is 2.65. The highest BCUT2D eigenvalue weighted by Crippen LogP contribution is 2.25. The zero-order chi connectivity index (χ0) is 18.7. The summed E-state index contributed by atoms with van der Waals surface area (Å²) in [5.41, 5.74) is 6.97. The van der Waals surface area contributed by atoms with E-state index in [0.29, 0.717) is 45.8 Å². The van der Waals surface area contributed by atoms with Crippen LogP contribution in [0.2, 0.25) is 0 Å². The molecule has 9 heteroatoms. The number of hydrogen-bond donors (Lipinski definition) is 1. The Morgan fingerprint density at radius 2 is 1.81 bits per heavy atom. The Bertz CT molecular complexity index is 803. The minimum atomic E-state index is -3.52. The van der Waals surface area contributed by atoms with Crippen molar-refractivity contribution in [3.8, 4) is 0 Å². The summed E-state index contributed by atoms with van der Waals surface area (Å²) in [7, 11) is -3.52. The van der Waals surface area contributed by atoms with E-state index in [2.05, 4.69) is 0 Å². The number of carbonyl (C=O) groups excluding carboxylic acids is 2. The van der Waals surface area contributed by atoms with Gasteiger partial charge >= 0.3 is 0 Å². The number of amides is 2. The fourth-order valence-electron chi connectivity index (χ4n) is 3.23. The van der Waals surface area contributed by atoms with Crippen LogP contribution in [0.3, 0.4) is 0 Å². The first-order chi connectivity index (χ1) is 12.4. The lowest BCUT2D eigenvalue weighted by Crippen LogP contribution is -2.40. The normalized spacial score (nSPS) is 18.4. The Balaban J connectivity index is 1.72. The van der Waals surface area contributed by atoms with Crippen LogP contribution in [0.5, 0.6) is 0 Å². The van der Waals surface area contributed by atoms with Crippen molar-refractivity contribution in [1.29, 1.82) is 0 Å². The van der Waals surface area contributed by atoms with E-state index in [-0.39, 0.29) is 23.6 Å². The van der Waals surface area contributed by atoms with Crippen LogP contribution in [0.4, 0.5) is 0 Å². The van der Waals surface area contributed by atoms with Gasteiger partial charge in [0.15, 0.2) is 0 Å². The second-order valence-electron chi connectivity index (χ2n) is 6.48. The van der Waals surface area contributed by atoms with Crippen LogP contribution in [0.15, 0.2) is 23.1 Å². The van der Waals surface area contributed by atoms with E-state index in [0.717, 1.165) is 11.1 Å². The van der Waals surface area contributed by atoms with Gasteiger partial charge in [-0.15, -0.1) is 0 Å². The molecule has 142 valence electrons. The van der Waals surface area contributed by atoms with Gasteiger partial charge in [0.25, 0.3) is 0 Å². The first-order valence-corrected chi connectivity index (χ1v) is 10.1. The number of carbonyl (C=O) groups is 2. The number of fused-ring (bicyclic) bond motifs is 1. The van der Waals surface area contributed by atoms with Gasteiger partial charge in [-0.3, -0.25) is 9.59 Å². The van der Waals surface area contributed by atoms with Crippen molar-refractivity contribution >= 4 is 21.8 Å². The lowest BCUT2D eigenvalue weighted by atomic mass is 9.99. The first kappa shape index (κ1) is 18.8. The van der Waals surface area contributed by atoms with Crippen LogP contribution in [0.1, 0.15) is 24.0 Å². The van der Waals surface area contributed by atoms with Gasteiger partial charge in [-0.05, 0) is 29.7 Å². The van der Waals surface area contributed by atoms with Crippen LogP contribution < -0.4 is 5.73 Å². The molecule has 0 aromatic heterocycles. The molecule has 8 nitrogen and oxygen atoms in total. The monoisotopic (exact) mass is 381 g/mol. The molecule has 2 aliphatic heterocycles. The molecule has 1 aromatic carbocycles. The van der Waals surface area contributed by atoms with Crippen molar-refractivity contribution in [3.63, 3.8) is 0 Å². The Hall–Kier alpha value is -1.97. The summed E-state index contributed by atoms with van der Waals surface area (Å²) in [6, 6.07) is 5.09. The zero-order valence-corrected chi connectivity index (χ0v) is 15.3. The summed E-state index contributed by atoms with van der Waals surface area (Å²) >= 11 is 0. The molecule has 0 bridgehead atoms. The second-order valence-corrected chi connectivity index (χ2v) is 8.42. The number of morpholine rings is 1. The molecule has 0 radical (unpaired) electrons. The standard InChI is InChI=1S/C17H23N3O5S/c18-16(21)3-4-17(22)19-6-5-13-11-15(2-1-14(13)12-19)26(23,24)20-7-9-25-10-8-20/h1-2,11H,3-10,12H2,(H2,18,21). The quantitative estimate of drug-likeness (QED) is 0.763. The van der Waals surface area contributed by atoms with Gasteiger partial charge in [0, 0.05) is 39.0 Å². The number of benzene rings is 1. The van der Waals surface area contributed by atoms with Crippen LogP contribution in [-0.4, -0.2) is 62.3 Å². The summed E-state index contributed by atoms with van der Waals surface area (Å²) in [6.07, 6.45) is 0.733. The number of rotatable bonds is 5. The number of nitrogens with zero attached hydrogens (tertiary/aromatic N) is 2. The largest absolute Gasteiger partial charge is 0.379 e. The molecule has 2 amide bonds. The van der Waals surface area contributed by atoms with E-state index < -0.39 is 15.9 Å². The van der Waals surface area contributed by atoms with Crippen molar-refractivity contribution in [2.45, 2.75) is 30.7 Å². The average molecular weight is 381 g/mol. The molecule has 2 heterocycles. The molecule has 2 aliphatic rings. The summed E-state index contributed by atoms with van der Waals surface area (Å²) in [6.45, 7) is 2.47. The van der Waals surface area contributed by atoms with Gasteiger partial charge in [-0.1, -0.05) is 6.07 Å². The number of hydrogen-bond acceptors (Lipinski definition) is 5. The third kappa shape index (κ3) is 4.05. The number of ether oxygens (including phenoxy) is 1. The van der Waals surface area contributed by atoms with Crippen LogP contribution in [-0.2, 0) is 37.3 Å². The van der Waals surface area contributed by atoms with E-state index in [1.165, 1.54) is 4.31 Å². The number of nitrogens with two attached hydrogens (primary N) is 1. The smallest absolute Gasteiger partial charge is 0.243 e. The minimum Gasteiger partial charge on any atom is -0.379 e. The minimum absolute atomic E-state index is 0.0406. The Morgan fingerprint density at radius 3 is 2.50 bits per heavy atom. The third-order valence-electron chi connectivity index (χ3n) is 4.74. The van der Waals surface area contributed by atoms with Crippen molar-refractivity contribution in [1.82, 2.24) is 9.21 Å². The first-order valence-electron chi connectivity index (χ1n) is 8.64. The van der Waals surface area contributed by atoms with Crippen molar-refractivity contribution < 1.29 is 22.7 Å². The van der Waals surface area contributed by atoms with Gasteiger partial charge in [-0.25, -0.2) is 8.42 Å². The SMILES string of the molecule is NC(=O)CCC(=O)N1CCc2cc(S(=O)(=O)N3CCOCC3)ccc2C1. The fraction of sp³-hybridized carbons (Fsp3) is 0.529. The maximum Gasteiger partial charge on any atom is 0.243 e. The van der Waals surface area contributed by atoms with Crippen molar-refractivity contribution in [2.75, 3.05) is 32.8 Å². The van der Waals surface area contributed by atoms with Crippen molar-refractivity contribution in [2.24, 2.45) is 5.73 Å². The molecule has 0 spiro atoms. The maximum absolute atomic E-state index is 12.8. The predicted octanol–water partition coefficient (Wildman–Crippen LogP) is -0.142. The highest BCUT2D eigenvalue weighted by Gasteiger charge is 2.28. The lowest BCUT2D eigenvalue weighted by molar-refractivity contribution is -0.133. The molecule has 1 fully saturated rings. The molecule has 3 rings (SSSR count). The molecule has 0 saturated carbocycles. The topological polar surface area (TPSA) is 110 Å². The van der Waals surface area contributed by atoms with Crippen molar-refractivity contribution in [3.05, 3.63) is 29.3 Å². The molecular weight excluding hydrogens is 358 g/mol. The van der Waals surface area contributed by atoms with E-state index >= 15 is 0 Å². The summed E-state index contributed by atoms with van der Waals surface area (Å²) in [5, 5.41) is 0. The Kier molecular flexibility index (Phi) is 5.59. The van der Waals surface area contributed by atoms with Crippen LogP contribution in [0, 0.1) is 0 Å². The summed E-state index contributed by atoms with van der Waals surface area (Å²) in [4.78, 5) is 24.9. The second kappa shape index (κ2) is 7.73. The Morgan fingerprint density at radius 1 is 1.08 bits per heavy atom. The van der Waals surface area contributed by atoms with E-state index in [1.54, 1.807) is 23.1 Å². The van der Waals surface area contributed by atoms with E-state index in [4.69, 9.17) is 10.5 Å². The maximum atomic E-state index is 12.8. The Labute approximate surface area is 152 Å². The highest BCUT2D eigenvalue weighted by molar-refractivity contribution is 7.89. The number of sulfonamides is 1. The summed E-state index contributed by atoms with van der Waals surface area (Å²) in [5.74, 6) is -0.604. The molecule has 0 unspecified atom stereocenters. The van der Waals surface area contributed by atoms with Gasteiger partial charge in [0.1, 0.15) is 0 Å². The highest BCUT2D eigenvalue weighted by atomic mass is 32.2. The van der Waals surface area contributed by atoms with Crippen LogP contribution >= 0.6 is 0 Å². The molecule has 0 aliphatic carbocycles. The molecule has 1 aromatic rings.